The Labute approximate surface area is 245 Å². The summed E-state index contributed by atoms with van der Waals surface area (Å²) < 4.78 is 0. The number of carbonyl (C=O) groups is 4. The molecule has 0 aliphatic carbocycles. The van der Waals surface area contributed by atoms with E-state index in [1.54, 1.807) is 11.9 Å². The van der Waals surface area contributed by atoms with E-state index >= 15 is 0 Å². The summed E-state index contributed by atoms with van der Waals surface area (Å²) >= 11 is 0. The summed E-state index contributed by atoms with van der Waals surface area (Å²) in [5.41, 5.74) is 0. The third-order valence-corrected chi connectivity index (χ3v) is 6.81. The minimum atomic E-state index is -1.28. The molecule has 3 amide bonds. The van der Waals surface area contributed by atoms with E-state index in [9.17, 15) is 24.3 Å². The van der Waals surface area contributed by atoms with Gasteiger partial charge in [-0.25, -0.2) is 0 Å². The molecule has 0 saturated carbocycles. The van der Waals surface area contributed by atoms with E-state index in [1.807, 2.05) is 0 Å². The van der Waals surface area contributed by atoms with Crippen molar-refractivity contribution in [3.63, 3.8) is 0 Å². The molecule has 208 valence electrons. The molecule has 1 heterocycles. The van der Waals surface area contributed by atoms with Gasteiger partial charge in [-0.2, -0.15) is 0 Å². The Hall–Kier alpha value is -1.16. The van der Waals surface area contributed by atoms with Crippen molar-refractivity contribution in [2.45, 2.75) is 122 Å². The molecule has 0 spiro atoms. The summed E-state index contributed by atoms with van der Waals surface area (Å²) in [6, 6.07) is -1.59. The Morgan fingerprint density at radius 2 is 1.49 bits per heavy atom. The standard InChI is InChI=1S/C27H50N4O5.Na/c1-3-4-5-6-7-8-9-10-11-12-13-16-24(32)31-21-14-15-23(31)27(36)30-22(17-18-25(33)34)26(35)29-20-19-28-2;/h22-23,28H,3-21H2,1-2H3,(H,29,35)(H,30,36)(H,33,34);/q;+1/p-1. The van der Waals surface area contributed by atoms with Gasteiger partial charge in [-0.3, -0.25) is 14.4 Å². The van der Waals surface area contributed by atoms with Gasteiger partial charge in [-0.05, 0) is 39.2 Å². The fourth-order valence-corrected chi connectivity index (χ4v) is 4.65. The Balaban J connectivity index is 0.0000130. The summed E-state index contributed by atoms with van der Waals surface area (Å²) in [4.78, 5) is 50.8. The van der Waals surface area contributed by atoms with Gasteiger partial charge in [0, 0.05) is 32.0 Å². The van der Waals surface area contributed by atoms with Crippen LogP contribution >= 0.6 is 0 Å². The Morgan fingerprint density at radius 1 is 0.892 bits per heavy atom. The van der Waals surface area contributed by atoms with Crippen LogP contribution in [0.1, 0.15) is 110 Å². The number of likely N-dealkylation sites (tertiary alicyclic amines) is 1. The first-order chi connectivity index (χ1) is 17.4. The number of hydrogen-bond donors (Lipinski definition) is 3. The molecule has 0 radical (unpaired) electrons. The van der Waals surface area contributed by atoms with Gasteiger partial charge in [-0.15, -0.1) is 0 Å². The van der Waals surface area contributed by atoms with Crippen LogP contribution < -0.4 is 50.6 Å². The number of rotatable bonds is 21. The molecule has 10 heteroatoms. The minimum absolute atomic E-state index is 0. The second kappa shape index (κ2) is 22.8. The van der Waals surface area contributed by atoms with Crippen molar-refractivity contribution in [1.29, 1.82) is 0 Å². The zero-order valence-electron chi connectivity index (χ0n) is 23.6. The van der Waals surface area contributed by atoms with E-state index < -0.39 is 29.9 Å². The van der Waals surface area contributed by atoms with Crippen molar-refractivity contribution in [2.24, 2.45) is 0 Å². The minimum Gasteiger partial charge on any atom is -0.550 e. The topological polar surface area (TPSA) is 131 Å². The van der Waals surface area contributed by atoms with Crippen LogP contribution in [0.15, 0.2) is 0 Å². The normalized spacial score (nSPS) is 15.6. The maximum atomic E-state index is 12.9. The second-order valence-electron chi connectivity index (χ2n) is 9.90. The van der Waals surface area contributed by atoms with Gasteiger partial charge in [0.2, 0.25) is 17.7 Å². The average Bonchev–Trinajstić information content (AvgIpc) is 3.35. The van der Waals surface area contributed by atoms with Crippen molar-refractivity contribution >= 4 is 23.7 Å². The Bertz CT molecular complexity index is 665. The molecule has 9 nitrogen and oxygen atoms in total. The van der Waals surface area contributed by atoms with Crippen LogP contribution in [-0.2, 0) is 19.2 Å². The van der Waals surface area contributed by atoms with Crippen LogP contribution in [0.3, 0.4) is 0 Å². The smallest absolute Gasteiger partial charge is 0.550 e. The first kappa shape index (κ1) is 35.8. The van der Waals surface area contributed by atoms with Crippen LogP contribution in [0.4, 0.5) is 0 Å². The molecule has 0 aromatic rings. The van der Waals surface area contributed by atoms with Gasteiger partial charge in [0.1, 0.15) is 12.1 Å². The third kappa shape index (κ3) is 16.4. The van der Waals surface area contributed by atoms with Crippen molar-refractivity contribution in [2.75, 3.05) is 26.7 Å². The zero-order valence-corrected chi connectivity index (χ0v) is 25.6. The SMILES string of the molecule is CCCCCCCCCCCCCC(=O)N1CCCC1C(=O)NC(CCC(=O)[O-])C(=O)NCCNC.[Na+]. The number of carbonyl (C=O) groups excluding carboxylic acids is 4. The summed E-state index contributed by atoms with van der Waals surface area (Å²) in [5.74, 6) is -2.13. The molecule has 37 heavy (non-hydrogen) atoms. The van der Waals surface area contributed by atoms with Gasteiger partial charge < -0.3 is 30.8 Å². The maximum absolute atomic E-state index is 12.9. The molecule has 0 bridgehead atoms. The molecular formula is C27H49N4NaO5. The summed E-state index contributed by atoms with van der Waals surface area (Å²) in [7, 11) is 1.75. The number of nitrogens with one attached hydrogen (secondary N) is 3. The molecule has 2 unspecified atom stereocenters. The Kier molecular flexibility index (Phi) is 22.1. The molecule has 2 atom stereocenters. The van der Waals surface area contributed by atoms with Crippen molar-refractivity contribution in [3.05, 3.63) is 0 Å². The number of hydrogen-bond acceptors (Lipinski definition) is 6. The number of carboxylic acid groups (broad SMARTS) is 1. The van der Waals surface area contributed by atoms with E-state index in [4.69, 9.17) is 0 Å². The quantitative estimate of drug-likeness (QED) is 0.129. The van der Waals surface area contributed by atoms with Crippen molar-refractivity contribution in [1.82, 2.24) is 20.9 Å². The number of likely N-dealkylation sites (N-methyl/N-ethyl adjacent to an activating group) is 1. The first-order valence-electron chi connectivity index (χ1n) is 14.1. The molecule has 0 aromatic carbocycles. The fourth-order valence-electron chi connectivity index (χ4n) is 4.65. The van der Waals surface area contributed by atoms with E-state index in [0.29, 0.717) is 32.5 Å². The van der Waals surface area contributed by atoms with Gasteiger partial charge in [0.25, 0.3) is 0 Å². The van der Waals surface area contributed by atoms with Crippen molar-refractivity contribution in [3.8, 4) is 0 Å². The van der Waals surface area contributed by atoms with Gasteiger partial charge in [-0.1, -0.05) is 71.1 Å². The number of unbranched alkanes of at least 4 members (excludes halogenated alkanes) is 10. The predicted molar refractivity (Wildman–Crippen MR) is 139 cm³/mol. The van der Waals surface area contributed by atoms with Crippen LogP contribution in [0.5, 0.6) is 0 Å². The number of amides is 3. The van der Waals surface area contributed by atoms with Gasteiger partial charge in [0.05, 0.1) is 0 Å². The van der Waals surface area contributed by atoms with Crippen LogP contribution in [0.2, 0.25) is 0 Å². The molecule has 1 fully saturated rings. The number of nitrogens with zero attached hydrogens (tertiary/aromatic N) is 1. The molecule has 0 aromatic heterocycles. The molecular weight excluding hydrogens is 483 g/mol. The van der Waals surface area contributed by atoms with Crippen LogP contribution in [0.25, 0.3) is 0 Å². The van der Waals surface area contributed by atoms with E-state index in [-0.39, 0.29) is 48.3 Å². The summed E-state index contributed by atoms with van der Waals surface area (Å²) in [6.07, 6.45) is 14.7. The summed E-state index contributed by atoms with van der Waals surface area (Å²) in [5, 5.41) is 19.2. The van der Waals surface area contributed by atoms with E-state index in [2.05, 4.69) is 22.9 Å². The third-order valence-electron chi connectivity index (χ3n) is 6.81. The molecule has 3 N–H and O–H groups in total. The predicted octanol–water partition coefficient (Wildman–Crippen LogP) is -0.967. The molecule has 1 rings (SSSR count). The molecule has 1 saturated heterocycles. The Morgan fingerprint density at radius 3 is 2.05 bits per heavy atom. The second-order valence-corrected chi connectivity index (χ2v) is 9.90. The van der Waals surface area contributed by atoms with Crippen molar-refractivity contribution < 1.29 is 53.8 Å². The van der Waals surface area contributed by atoms with E-state index in [1.165, 1.54) is 51.4 Å². The van der Waals surface area contributed by atoms with Crippen LogP contribution in [0, 0.1) is 0 Å². The molecule has 1 aliphatic rings. The van der Waals surface area contributed by atoms with E-state index in [0.717, 1.165) is 25.7 Å². The van der Waals surface area contributed by atoms with Crippen LogP contribution in [-0.4, -0.2) is 67.4 Å². The monoisotopic (exact) mass is 532 g/mol. The summed E-state index contributed by atoms with van der Waals surface area (Å²) in [6.45, 7) is 3.68. The number of carboxylic acids is 1. The van der Waals surface area contributed by atoms with Gasteiger partial charge in [0.15, 0.2) is 0 Å². The first-order valence-corrected chi connectivity index (χ1v) is 14.1. The fraction of sp³-hybridized carbons (Fsp3) is 0.852. The maximum Gasteiger partial charge on any atom is 1.00 e. The molecule has 1 aliphatic heterocycles. The van der Waals surface area contributed by atoms with Gasteiger partial charge >= 0.3 is 29.6 Å². The number of aliphatic carboxylic acids is 1. The zero-order chi connectivity index (χ0) is 26.6. The average molecular weight is 533 g/mol. The largest absolute Gasteiger partial charge is 1.00 e.